The van der Waals surface area contributed by atoms with Crippen molar-refractivity contribution in [2.75, 3.05) is 0 Å². The predicted molar refractivity (Wildman–Crippen MR) is 90.8 cm³/mol. The second kappa shape index (κ2) is 4.92. The van der Waals surface area contributed by atoms with Crippen LogP contribution in [0, 0.1) is 4.77 Å². The van der Waals surface area contributed by atoms with Crippen LogP contribution < -0.4 is 5.56 Å². The Bertz CT molecular complexity index is 856. The molecule has 2 aliphatic rings. The fourth-order valence-electron chi connectivity index (χ4n) is 4.40. The molecule has 1 aromatic heterocycles. The third-order valence-corrected chi connectivity index (χ3v) is 5.73. The molecule has 0 aliphatic heterocycles. The van der Waals surface area contributed by atoms with Gasteiger partial charge >= 0.3 is 0 Å². The minimum Gasteiger partial charge on any atom is -0.331 e. The van der Waals surface area contributed by atoms with E-state index in [1.165, 1.54) is 18.4 Å². The van der Waals surface area contributed by atoms with Crippen molar-refractivity contribution in [1.82, 2.24) is 9.55 Å². The summed E-state index contributed by atoms with van der Waals surface area (Å²) in [7, 11) is 0. The summed E-state index contributed by atoms with van der Waals surface area (Å²) in [6.45, 7) is 2.61. The number of aromatic nitrogens is 2. The molecule has 0 amide bonds. The third-order valence-electron chi connectivity index (χ3n) is 5.41. The van der Waals surface area contributed by atoms with Gasteiger partial charge in [0.1, 0.15) is 0 Å². The van der Waals surface area contributed by atoms with E-state index in [-0.39, 0.29) is 11.0 Å². The Morgan fingerprint density at radius 3 is 2.73 bits per heavy atom. The van der Waals surface area contributed by atoms with Crippen molar-refractivity contribution in [3.63, 3.8) is 0 Å². The molecule has 4 rings (SSSR count). The Hall–Kier alpha value is -1.68. The second-order valence-electron chi connectivity index (χ2n) is 6.55. The summed E-state index contributed by atoms with van der Waals surface area (Å²) < 4.78 is 2.25. The van der Waals surface area contributed by atoms with Crippen LogP contribution in [0.5, 0.6) is 0 Å². The quantitative estimate of drug-likeness (QED) is 0.809. The molecule has 4 heteroatoms. The van der Waals surface area contributed by atoms with Crippen LogP contribution in [-0.2, 0) is 18.4 Å². The van der Waals surface area contributed by atoms with E-state index in [1.54, 1.807) is 4.57 Å². The highest BCUT2D eigenvalue weighted by Crippen LogP contribution is 2.49. The van der Waals surface area contributed by atoms with Crippen molar-refractivity contribution in [2.24, 2.45) is 0 Å². The van der Waals surface area contributed by atoms with Gasteiger partial charge in [0.2, 0.25) is 0 Å². The summed E-state index contributed by atoms with van der Waals surface area (Å²) in [4.78, 5) is 16.5. The lowest BCUT2D eigenvalue weighted by atomic mass is 9.68. The first kappa shape index (κ1) is 13.9. The van der Waals surface area contributed by atoms with Crippen LogP contribution in [0.3, 0.4) is 0 Å². The largest absolute Gasteiger partial charge is 0.331 e. The summed E-state index contributed by atoms with van der Waals surface area (Å²) in [5.74, 6) is 0. The van der Waals surface area contributed by atoms with Crippen molar-refractivity contribution in [3.05, 3.63) is 50.5 Å². The lowest BCUT2D eigenvalue weighted by Crippen LogP contribution is -2.39. The molecule has 1 fully saturated rings. The second-order valence-corrected chi connectivity index (χ2v) is 6.94. The normalized spacial score (nSPS) is 18.2. The summed E-state index contributed by atoms with van der Waals surface area (Å²) >= 11 is 5.42. The number of fused-ring (bicyclic) bond motifs is 4. The minimum absolute atomic E-state index is 0.0111. The molecule has 22 heavy (non-hydrogen) atoms. The van der Waals surface area contributed by atoms with Gasteiger partial charge in [0, 0.05) is 23.1 Å². The highest BCUT2D eigenvalue weighted by atomic mass is 32.1. The van der Waals surface area contributed by atoms with Gasteiger partial charge in [0.05, 0.1) is 5.69 Å². The van der Waals surface area contributed by atoms with Gasteiger partial charge in [0.15, 0.2) is 4.77 Å². The third kappa shape index (κ3) is 1.80. The van der Waals surface area contributed by atoms with Crippen LogP contribution >= 0.6 is 12.2 Å². The Labute approximate surface area is 135 Å². The summed E-state index contributed by atoms with van der Waals surface area (Å²) in [6, 6.07) is 8.43. The highest BCUT2D eigenvalue weighted by molar-refractivity contribution is 7.71. The maximum atomic E-state index is 13.1. The lowest BCUT2D eigenvalue weighted by molar-refractivity contribution is 0.421. The van der Waals surface area contributed by atoms with E-state index in [4.69, 9.17) is 12.2 Å². The van der Waals surface area contributed by atoms with Crippen molar-refractivity contribution in [3.8, 4) is 11.3 Å². The van der Waals surface area contributed by atoms with Gasteiger partial charge < -0.3 is 4.98 Å². The molecule has 1 heterocycles. The number of hydrogen-bond acceptors (Lipinski definition) is 2. The smallest absolute Gasteiger partial charge is 0.258 e. The average molecular weight is 312 g/mol. The van der Waals surface area contributed by atoms with Gasteiger partial charge in [-0.15, -0.1) is 0 Å². The zero-order valence-corrected chi connectivity index (χ0v) is 13.6. The first-order chi connectivity index (χ1) is 10.7. The van der Waals surface area contributed by atoms with Crippen LogP contribution in [0.4, 0.5) is 0 Å². The van der Waals surface area contributed by atoms with Gasteiger partial charge in [-0.2, -0.15) is 0 Å². The molecule has 1 aromatic carbocycles. The number of hydrogen-bond donors (Lipinski definition) is 1. The average Bonchev–Trinajstić information content (AvgIpc) is 2.96. The molecule has 1 N–H and O–H groups in total. The van der Waals surface area contributed by atoms with Crippen molar-refractivity contribution < 1.29 is 0 Å². The first-order valence-electron chi connectivity index (χ1n) is 8.12. The monoisotopic (exact) mass is 312 g/mol. The summed E-state index contributed by atoms with van der Waals surface area (Å²) in [5.41, 5.74) is 4.59. The zero-order chi connectivity index (χ0) is 15.3. The number of H-pyrrole nitrogens is 1. The molecular formula is C18H20N2OS. The summed E-state index contributed by atoms with van der Waals surface area (Å²) in [6.07, 6.45) is 5.63. The maximum absolute atomic E-state index is 13.1. The predicted octanol–water partition coefficient (Wildman–Crippen LogP) is 3.96. The van der Waals surface area contributed by atoms with E-state index < -0.39 is 0 Å². The molecule has 1 spiro atoms. The van der Waals surface area contributed by atoms with Crippen molar-refractivity contribution in [2.45, 2.75) is 51.0 Å². The van der Waals surface area contributed by atoms with Gasteiger partial charge in [0.25, 0.3) is 5.56 Å². The van der Waals surface area contributed by atoms with Gasteiger partial charge in [-0.1, -0.05) is 37.1 Å². The molecule has 114 valence electrons. The number of nitrogens with one attached hydrogen (secondary N) is 1. The standard InChI is InChI=1S/C18H20N2OS/c1-2-20-16(21)14-15(19-17(20)22)13-8-4-3-7-12(13)11-18(14)9-5-6-10-18/h3-4,7-8H,2,5-6,9-11H2,1H3,(H,19,22). The van der Waals surface area contributed by atoms with E-state index in [1.807, 2.05) is 13.0 Å². The fourth-order valence-corrected chi connectivity index (χ4v) is 4.72. The molecule has 3 nitrogen and oxygen atoms in total. The molecule has 0 radical (unpaired) electrons. The van der Waals surface area contributed by atoms with Crippen LogP contribution in [0.2, 0.25) is 0 Å². The van der Waals surface area contributed by atoms with Crippen molar-refractivity contribution in [1.29, 1.82) is 0 Å². The topological polar surface area (TPSA) is 37.8 Å². The molecule has 0 unspecified atom stereocenters. The molecule has 0 bridgehead atoms. The summed E-state index contributed by atoms with van der Waals surface area (Å²) in [5, 5.41) is 0. The van der Waals surface area contributed by atoms with Gasteiger partial charge in [-0.25, -0.2) is 0 Å². The zero-order valence-electron chi connectivity index (χ0n) is 12.8. The Balaban J connectivity index is 2.12. The van der Waals surface area contributed by atoms with E-state index in [9.17, 15) is 4.79 Å². The van der Waals surface area contributed by atoms with Crippen LogP contribution in [0.15, 0.2) is 29.1 Å². The van der Waals surface area contributed by atoms with E-state index in [0.717, 1.165) is 36.1 Å². The van der Waals surface area contributed by atoms with E-state index in [0.29, 0.717) is 11.3 Å². The number of rotatable bonds is 1. The van der Waals surface area contributed by atoms with Crippen LogP contribution in [0.25, 0.3) is 11.3 Å². The number of benzene rings is 1. The van der Waals surface area contributed by atoms with Gasteiger partial charge in [-0.05, 0) is 44.0 Å². The van der Waals surface area contributed by atoms with E-state index in [2.05, 4.69) is 23.2 Å². The molecule has 2 aliphatic carbocycles. The molecule has 1 saturated carbocycles. The van der Waals surface area contributed by atoms with Crippen molar-refractivity contribution >= 4 is 12.2 Å². The number of aromatic amines is 1. The number of nitrogens with zero attached hydrogens (tertiary/aromatic N) is 1. The Kier molecular flexibility index (Phi) is 3.12. The molecule has 0 saturated heterocycles. The minimum atomic E-state index is 0.0111. The van der Waals surface area contributed by atoms with Gasteiger partial charge in [-0.3, -0.25) is 9.36 Å². The SMILES string of the molecule is CCn1c(=S)[nH]c2c(c1=O)C1(CCCC1)Cc1ccccc1-2. The maximum Gasteiger partial charge on any atom is 0.258 e. The highest BCUT2D eigenvalue weighted by Gasteiger charge is 2.43. The Morgan fingerprint density at radius 2 is 2.00 bits per heavy atom. The fraction of sp³-hybridized carbons (Fsp3) is 0.444. The first-order valence-corrected chi connectivity index (χ1v) is 8.53. The van der Waals surface area contributed by atoms with Crippen LogP contribution in [-0.4, -0.2) is 9.55 Å². The molecule has 0 atom stereocenters. The van der Waals surface area contributed by atoms with Crippen LogP contribution in [0.1, 0.15) is 43.7 Å². The lowest BCUT2D eigenvalue weighted by Gasteiger charge is -2.36. The molecular weight excluding hydrogens is 292 g/mol. The van der Waals surface area contributed by atoms with E-state index >= 15 is 0 Å². The Morgan fingerprint density at radius 1 is 1.27 bits per heavy atom. The molecule has 2 aromatic rings.